The van der Waals surface area contributed by atoms with E-state index >= 15 is 0 Å². The van der Waals surface area contributed by atoms with Gasteiger partial charge >= 0.3 is 0 Å². The molecule has 9 heteroatoms. The van der Waals surface area contributed by atoms with Crippen LogP contribution in [0.1, 0.15) is 16.1 Å². The van der Waals surface area contributed by atoms with Gasteiger partial charge in [0.1, 0.15) is 11.6 Å². The number of methoxy groups -OCH3 is 2. The van der Waals surface area contributed by atoms with E-state index in [0.29, 0.717) is 49.1 Å². The van der Waals surface area contributed by atoms with Gasteiger partial charge in [-0.15, -0.1) is 0 Å². The Kier molecular flexibility index (Phi) is 5.69. The number of benzene rings is 1. The van der Waals surface area contributed by atoms with Crippen LogP contribution in [0.3, 0.4) is 0 Å². The van der Waals surface area contributed by atoms with Crippen molar-refractivity contribution in [2.24, 2.45) is 10.7 Å². The number of carbonyl (C=O) groups excluding carboxylic acids is 1. The molecule has 9 nitrogen and oxygen atoms in total. The summed E-state index contributed by atoms with van der Waals surface area (Å²) >= 11 is 0. The molecular formula is C19H21N5O4. The molecule has 0 spiro atoms. The molecule has 1 aromatic carbocycles. The van der Waals surface area contributed by atoms with Crippen LogP contribution in [0, 0.1) is 11.3 Å². The van der Waals surface area contributed by atoms with Gasteiger partial charge < -0.3 is 29.4 Å². The molecule has 1 aromatic heterocycles. The highest BCUT2D eigenvalue weighted by Crippen LogP contribution is 2.36. The molecule has 0 radical (unpaired) electrons. The van der Waals surface area contributed by atoms with Crippen molar-refractivity contribution in [3.05, 3.63) is 41.9 Å². The first-order chi connectivity index (χ1) is 13.6. The molecule has 1 aliphatic rings. The lowest BCUT2D eigenvalue weighted by Gasteiger charge is -2.34. The van der Waals surface area contributed by atoms with E-state index in [2.05, 4.69) is 11.1 Å². The van der Waals surface area contributed by atoms with Gasteiger partial charge in [-0.05, 0) is 24.3 Å². The third kappa shape index (κ3) is 3.71. The first-order valence-electron chi connectivity index (χ1n) is 8.66. The molecule has 2 heterocycles. The zero-order valence-corrected chi connectivity index (χ0v) is 15.7. The first-order valence-corrected chi connectivity index (χ1v) is 8.66. The van der Waals surface area contributed by atoms with Crippen LogP contribution in [0.4, 0.5) is 5.69 Å². The predicted molar refractivity (Wildman–Crippen MR) is 102 cm³/mol. The van der Waals surface area contributed by atoms with Gasteiger partial charge in [0.2, 0.25) is 0 Å². The Labute approximate surface area is 162 Å². The van der Waals surface area contributed by atoms with Crippen molar-refractivity contribution in [3.63, 3.8) is 0 Å². The molecule has 28 heavy (non-hydrogen) atoms. The summed E-state index contributed by atoms with van der Waals surface area (Å²) in [5.74, 6) is 1.20. The lowest BCUT2D eigenvalue weighted by molar-refractivity contribution is 0.0659. The highest BCUT2D eigenvalue weighted by Gasteiger charge is 2.25. The Morgan fingerprint density at radius 2 is 1.89 bits per heavy atom. The zero-order chi connectivity index (χ0) is 20.1. The third-order valence-electron chi connectivity index (χ3n) is 4.49. The summed E-state index contributed by atoms with van der Waals surface area (Å²) in [7, 11) is 2.96. The number of rotatable bonds is 4. The van der Waals surface area contributed by atoms with E-state index in [-0.39, 0.29) is 17.4 Å². The number of aliphatic imine (C=N–C) groups is 1. The Balaban J connectivity index is 1.73. The Hall–Kier alpha value is -3.67. The summed E-state index contributed by atoms with van der Waals surface area (Å²) in [5, 5.41) is 9.50. The standard InChI is InChI=1S/C19H21N5O4/c1-26-15-6-5-14(13(12-20)17(15)27-2)22-19(21)24-9-7-23(8-10-24)18(25)16-4-3-11-28-16/h3-6,11H,7-10H2,1-2H3,(H2,21,22). The Morgan fingerprint density at radius 3 is 2.46 bits per heavy atom. The number of guanidine groups is 1. The first kappa shape index (κ1) is 19.1. The molecule has 2 N–H and O–H groups in total. The quantitative estimate of drug-likeness (QED) is 0.629. The van der Waals surface area contributed by atoms with E-state index in [9.17, 15) is 10.1 Å². The molecule has 3 rings (SSSR count). The van der Waals surface area contributed by atoms with Crippen LogP contribution in [0.15, 0.2) is 39.9 Å². The number of nitrogens with zero attached hydrogens (tertiary/aromatic N) is 4. The Bertz CT molecular complexity index is 909. The van der Waals surface area contributed by atoms with Crippen LogP contribution in [0.5, 0.6) is 11.5 Å². The summed E-state index contributed by atoms with van der Waals surface area (Å²) < 4.78 is 15.6. The molecule has 0 bridgehead atoms. The van der Waals surface area contributed by atoms with Gasteiger partial charge in [0.15, 0.2) is 23.2 Å². The number of piperazine rings is 1. The number of ether oxygens (including phenoxy) is 2. The molecule has 0 unspecified atom stereocenters. The maximum Gasteiger partial charge on any atom is 0.289 e. The minimum Gasteiger partial charge on any atom is -0.493 e. The van der Waals surface area contributed by atoms with Crippen molar-refractivity contribution < 1.29 is 18.7 Å². The van der Waals surface area contributed by atoms with Gasteiger partial charge in [0.25, 0.3) is 5.91 Å². The SMILES string of the molecule is COc1ccc(N=C(N)N2CCN(C(=O)c3ccco3)CC2)c(C#N)c1OC. The molecule has 1 saturated heterocycles. The minimum absolute atomic E-state index is 0.146. The molecule has 1 fully saturated rings. The minimum atomic E-state index is -0.146. The second kappa shape index (κ2) is 8.35. The fraction of sp³-hybridized carbons (Fsp3) is 0.316. The number of hydrogen-bond acceptors (Lipinski definition) is 6. The fourth-order valence-corrected chi connectivity index (χ4v) is 3.01. The van der Waals surface area contributed by atoms with Gasteiger partial charge in [-0.1, -0.05) is 0 Å². The number of carbonyl (C=O) groups is 1. The largest absolute Gasteiger partial charge is 0.493 e. The molecule has 0 saturated carbocycles. The second-order valence-corrected chi connectivity index (χ2v) is 6.03. The van der Waals surface area contributed by atoms with Crippen molar-refractivity contribution >= 4 is 17.6 Å². The number of hydrogen-bond donors (Lipinski definition) is 1. The fourth-order valence-electron chi connectivity index (χ4n) is 3.01. The van der Waals surface area contributed by atoms with Crippen LogP contribution in [-0.4, -0.2) is 62.1 Å². The maximum absolute atomic E-state index is 12.3. The van der Waals surface area contributed by atoms with Gasteiger partial charge in [0, 0.05) is 26.2 Å². The lowest BCUT2D eigenvalue weighted by atomic mass is 10.1. The normalized spacial score (nSPS) is 14.5. The van der Waals surface area contributed by atoms with Crippen molar-refractivity contribution in [1.82, 2.24) is 9.80 Å². The third-order valence-corrected chi connectivity index (χ3v) is 4.49. The number of furan rings is 1. The van der Waals surface area contributed by atoms with Gasteiger partial charge in [-0.25, -0.2) is 4.99 Å². The monoisotopic (exact) mass is 383 g/mol. The predicted octanol–water partition coefficient (Wildman–Crippen LogP) is 1.57. The summed E-state index contributed by atoms with van der Waals surface area (Å²) in [6.45, 7) is 2.04. The van der Waals surface area contributed by atoms with Crippen LogP contribution in [0.2, 0.25) is 0 Å². The molecule has 2 aromatic rings. The van der Waals surface area contributed by atoms with Gasteiger partial charge in [0.05, 0.1) is 26.2 Å². The van der Waals surface area contributed by atoms with E-state index in [1.54, 1.807) is 29.2 Å². The van der Waals surface area contributed by atoms with E-state index in [1.807, 2.05) is 4.90 Å². The lowest BCUT2D eigenvalue weighted by Crippen LogP contribution is -2.52. The van der Waals surface area contributed by atoms with E-state index < -0.39 is 0 Å². The van der Waals surface area contributed by atoms with Crippen LogP contribution >= 0.6 is 0 Å². The average Bonchev–Trinajstić information content (AvgIpc) is 3.27. The summed E-state index contributed by atoms with van der Waals surface area (Å²) in [4.78, 5) is 20.3. The van der Waals surface area contributed by atoms with Crippen LogP contribution in [0.25, 0.3) is 0 Å². The summed E-state index contributed by atoms with van der Waals surface area (Å²) in [5.41, 5.74) is 6.80. The van der Waals surface area contributed by atoms with Crippen molar-refractivity contribution in [2.75, 3.05) is 40.4 Å². The van der Waals surface area contributed by atoms with E-state index in [1.165, 1.54) is 20.5 Å². The number of amides is 1. The average molecular weight is 383 g/mol. The molecule has 146 valence electrons. The molecule has 1 amide bonds. The van der Waals surface area contributed by atoms with Crippen LogP contribution in [-0.2, 0) is 0 Å². The van der Waals surface area contributed by atoms with Gasteiger partial charge in [-0.3, -0.25) is 4.79 Å². The van der Waals surface area contributed by atoms with Crippen LogP contribution < -0.4 is 15.2 Å². The van der Waals surface area contributed by atoms with Crippen molar-refractivity contribution in [2.45, 2.75) is 0 Å². The molecule has 0 atom stereocenters. The maximum atomic E-state index is 12.3. The van der Waals surface area contributed by atoms with Gasteiger partial charge in [-0.2, -0.15) is 5.26 Å². The molecule has 0 aliphatic carbocycles. The number of nitriles is 1. The second-order valence-electron chi connectivity index (χ2n) is 6.03. The van der Waals surface area contributed by atoms with E-state index in [0.717, 1.165) is 0 Å². The molecule has 1 aliphatic heterocycles. The van der Waals surface area contributed by atoms with Crippen molar-refractivity contribution in [3.8, 4) is 17.6 Å². The highest BCUT2D eigenvalue weighted by molar-refractivity contribution is 5.91. The topological polar surface area (TPSA) is 117 Å². The smallest absolute Gasteiger partial charge is 0.289 e. The molecular weight excluding hydrogens is 362 g/mol. The highest BCUT2D eigenvalue weighted by atomic mass is 16.5. The van der Waals surface area contributed by atoms with E-state index in [4.69, 9.17) is 19.6 Å². The van der Waals surface area contributed by atoms with Crippen molar-refractivity contribution in [1.29, 1.82) is 5.26 Å². The number of nitrogens with two attached hydrogens (primary N) is 1. The zero-order valence-electron chi connectivity index (χ0n) is 15.7. The Morgan fingerprint density at radius 1 is 1.18 bits per heavy atom. The summed E-state index contributed by atoms with van der Waals surface area (Å²) in [6, 6.07) is 8.74. The summed E-state index contributed by atoms with van der Waals surface area (Å²) in [6.07, 6.45) is 1.48.